The van der Waals surface area contributed by atoms with Crippen molar-refractivity contribution < 1.29 is 4.79 Å². The number of halogens is 3. The van der Waals surface area contributed by atoms with Gasteiger partial charge in [-0.15, -0.1) is 0 Å². The molecule has 2 rings (SSSR count). The number of carbonyl (C=O) groups is 1. The summed E-state index contributed by atoms with van der Waals surface area (Å²) in [6.07, 6.45) is 1.51. The molecule has 0 saturated carbocycles. The van der Waals surface area contributed by atoms with Crippen molar-refractivity contribution in [1.82, 2.24) is 5.43 Å². The van der Waals surface area contributed by atoms with Crippen LogP contribution < -0.4 is 5.43 Å². The largest absolute Gasteiger partial charge is 0.272 e. The van der Waals surface area contributed by atoms with Gasteiger partial charge >= 0.3 is 0 Å². The van der Waals surface area contributed by atoms with E-state index in [2.05, 4.69) is 10.5 Å². The summed E-state index contributed by atoms with van der Waals surface area (Å²) in [6.45, 7) is 0. The van der Waals surface area contributed by atoms with Crippen LogP contribution in [0.4, 0.5) is 0 Å². The van der Waals surface area contributed by atoms with Crippen LogP contribution in [0.25, 0.3) is 0 Å². The van der Waals surface area contributed by atoms with Gasteiger partial charge in [-0.3, -0.25) is 4.79 Å². The Hall–Kier alpha value is -1.55. The normalized spacial score (nSPS) is 10.8. The summed E-state index contributed by atoms with van der Waals surface area (Å²) in [7, 11) is 0. The van der Waals surface area contributed by atoms with E-state index in [9.17, 15) is 4.79 Å². The summed E-state index contributed by atoms with van der Waals surface area (Å²) < 4.78 is 0. The number of nitrogens with one attached hydrogen (secondary N) is 1. The minimum absolute atomic E-state index is 0.275. The minimum atomic E-state index is -0.406. The molecule has 102 valence electrons. The van der Waals surface area contributed by atoms with Crippen molar-refractivity contribution in [3.05, 3.63) is 68.7 Å². The highest BCUT2D eigenvalue weighted by Crippen LogP contribution is 2.20. The van der Waals surface area contributed by atoms with Crippen LogP contribution >= 0.6 is 34.8 Å². The van der Waals surface area contributed by atoms with Crippen LogP contribution in [0.15, 0.2) is 47.6 Å². The first-order valence-electron chi connectivity index (χ1n) is 5.60. The van der Waals surface area contributed by atoms with E-state index in [4.69, 9.17) is 34.8 Å². The molecule has 0 fully saturated rings. The molecule has 0 aromatic heterocycles. The van der Waals surface area contributed by atoms with E-state index in [0.717, 1.165) is 5.56 Å². The third-order valence-corrected chi connectivity index (χ3v) is 3.23. The standard InChI is InChI=1S/C14H9Cl3N2O/c15-10-3-1-9(2-4-10)8-18-19-14(20)12-6-5-11(16)7-13(12)17/h1-8H,(H,19,20)/b18-8+. The third kappa shape index (κ3) is 3.97. The van der Waals surface area contributed by atoms with Gasteiger partial charge in [0.25, 0.3) is 5.91 Å². The van der Waals surface area contributed by atoms with Gasteiger partial charge in [0.1, 0.15) is 0 Å². The van der Waals surface area contributed by atoms with Gasteiger partial charge in [0.15, 0.2) is 0 Å². The molecular formula is C14H9Cl3N2O. The number of nitrogens with zero attached hydrogens (tertiary/aromatic N) is 1. The summed E-state index contributed by atoms with van der Waals surface area (Å²) in [5.41, 5.74) is 3.52. The second kappa shape index (κ2) is 6.75. The topological polar surface area (TPSA) is 41.5 Å². The number of hydrogen-bond acceptors (Lipinski definition) is 2. The molecule has 0 heterocycles. The van der Waals surface area contributed by atoms with E-state index in [1.54, 1.807) is 30.3 Å². The molecule has 0 spiro atoms. The molecule has 1 N–H and O–H groups in total. The van der Waals surface area contributed by atoms with Crippen LogP contribution in [-0.4, -0.2) is 12.1 Å². The van der Waals surface area contributed by atoms with E-state index in [1.165, 1.54) is 18.3 Å². The highest BCUT2D eigenvalue weighted by atomic mass is 35.5. The van der Waals surface area contributed by atoms with E-state index in [0.29, 0.717) is 15.6 Å². The maximum atomic E-state index is 11.8. The minimum Gasteiger partial charge on any atom is -0.267 e. The van der Waals surface area contributed by atoms with Crippen LogP contribution in [-0.2, 0) is 0 Å². The molecule has 2 aromatic carbocycles. The SMILES string of the molecule is O=C(N/N=C/c1ccc(Cl)cc1)c1ccc(Cl)cc1Cl. The first-order valence-corrected chi connectivity index (χ1v) is 6.73. The fraction of sp³-hybridized carbons (Fsp3) is 0. The molecule has 0 aliphatic carbocycles. The van der Waals surface area contributed by atoms with E-state index >= 15 is 0 Å². The smallest absolute Gasteiger partial charge is 0.267 e. The van der Waals surface area contributed by atoms with Gasteiger partial charge in [0.05, 0.1) is 16.8 Å². The molecule has 20 heavy (non-hydrogen) atoms. The molecule has 0 bridgehead atoms. The number of rotatable bonds is 3. The average Bonchev–Trinajstić information content (AvgIpc) is 2.41. The van der Waals surface area contributed by atoms with Crippen LogP contribution in [0.1, 0.15) is 15.9 Å². The molecule has 0 aliphatic rings. The zero-order valence-corrected chi connectivity index (χ0v) is 12.4. The van der Waals surface area contributed by atoms with E-state index in [1.807, 2.05) is 0 Å². The maximum absolute atomic E-state index is 11.8. The van der Waals surface area contributed by atoms with Crippen molar-refractivity contribution in [2.24, 2.45) is 5.10 Å². The number of benzene rings is 2. The van der Waals surface area contributed by atoms with Crippen molar-refractivity contribution in [2.45, 2.75) is 0 Å². The fourth-order valence-electron chi connectivity index (χ4n) is 1.45. The predicted octanol–water partition coefficient (Wildman–Crippen LogP) is 4.41. The lowest BCUT2D eigenvalue weighted by molar-refractivity contribution is 0.0955. The summed E-state index contributed by atoms with van der Waals surface area (Å²) in [5, 5.41) is 5.23. The Morgan fingerprint density at radius 3 is 2.30 bits per heavy atom. The first kappa shape index (κ1) is 14.9. The molecule has 3 nitrogen and oxygen atoms in total. The molecule has 2 aromatic rings. The lowest BCUT2D eigenvalue weighted by Crippen LogP contribution is -2.18. The van der Waals surface area contributed by atoms with Crippen LogP contribution in [0, 0.1) is 0 Å². The van der Waals surface area contributed by atoms with Gasteiger partial charge in [-0.05, 0) is 35.9 Å². The summed E-state index contributed by atoms with van der Waals surface area (Å²) in [5.74, 6) is -0.406. The summed E-state index contributed by atoms with van der Waals surface area (Å²) in [4.78, 5) is 11.8. The molecule has 0 radical (unpaired) electrons. The number of hydrazone groups is 1. The second-order valence-electron chi connectivity index (χ2n) is 3.87. The van der Waals surface area contributed by atoms with Crippen LogP contribution in [0.3, 0.4) is 0 Å². The maximum Gasteiger partial charge on any atom is 0.272 e. The predicted molar refractivity (Wildman–Crippen MR) is 83.0 cm³/mol. The Bertz CT molecular complexity index is 654. The molecular weight excluding hydrogens is 319 g/mol. The zero-order valence-electron chi connectivity index (χ0n) is 10.1. The lowest BCUT2D eigenvalue weighted by atomic mass is 10.2. The lowest BCUT2D eigenvalue weighted by Gasteiger charge is -2.02. The Labute approximate surface area is 131 Å². The number of carbonyl (C=O) groups excluding carboxylic acids is 1. The van der Waals surface area contributed by atoms with Gasteiger partial charge in [-0.2, -0.15) is 5.10 Å². The van der Waals surface area contributed by atoms with E-state index < -0.39 is 5.91 Å². The molecule has 1 amide bonds. The summed E-state index contributed by atoms with van der Waals surface area (Å²) >= 11 is 17.5. The van der Waals surface area contributed by atoms with Crippen LogP contribution in [0.5, 0.6) is 0 Å². The molecule has 0 unspecified atom stereocenters. The Morgan fingerprint density at radius 2 is 1.65 bits per heavy atom. The molecule has 0 aliphatic heterocycles. The highest BCUT2D eigenvalue weighted by Gasteiger charge is 2.09. The second-order valence-corrected chi connectivity index (χ2v) is 5.15. The van der Waals surface area contributed by atoms with Crippen molar-refractivity contribution >= 4 is 46.9 Å². The van der Waals surface area contributed by atoms with Gasteiger partial charge in [0, 0.05) is 10.0 Å². The Kier molecular flexibility index (Phi) is 5.01. The zero-order chi connectivity index (χ0) is 14.5. The monoisotopic (exact) mass is 326 g/mol. The third-order valence-electron chi connectivity index (χ3n) is 2.43. The molecule has 0 atom stereocenters. The van der Waals surface area contributed by atoms with Crippen molar-refractivity contribution in [2.75, 3.05) is 0 Å². The molecule has 6 heteroatoms. The first-order chi connectivity index (χ1) is 9.56. The van der Waals surface area contributed by atoms with Crippen molar-refractivity contribution in [3.8, 4) is 0 Å². The van der Waals surface area contributed by atoms with Gasteiger partial charge in [-0.25, -0.2) is 5.43 Å². The molecule has 0 saturated heterocycles. The van der Waals surface area contributed by atoms with Crippen molar-refractivity contribution in [3.63, 3.8) is 0 Å². The quantitative estimate of drug-likeness (QED) is 0.658. The Balaban J connectivity index is 2.03. The van der Waals surface area contributed by atoms with Gasteiger partial charge < -0.3 is 0 Å². The fourth-order valence-corrected chi connectivity index (χ4v) is 2.07. The summed E-state index contributed by atoms with van der Waals surface area (Å²) in [6, 6.07) is 11.7. The average molecular weight is 328 g/mol. The number of amides is 1. The Morgan fingerprint density at radius 1 is 1.00 bits per heavy atom. The van der Waals surface area contributed by atoms with Gasteiger partial charge in [-0.1, -0.05) is 46.9 Å². The van der Waals surface area contributed by atoms with E-state index in [-0.39, 0.29) is 5.02 Å². The van der Waals surface area contributed by atoms with Gasteiger partial charge in [0.2, 0.25) is 0 Å². The highest BCUT2D eigenvalue weighted by molar-refractivity contribution is 6.36. The van der Waals surface area contributed by atoms with Crippen molar-refractivity contribution in [1.29, 1.82) is 0 Å². The van der Waals surface area contributed by atoms with Crippen LogP contribution in [0.2, 0.25) is 15.1 Å². The number of hydrogen-bond donors (Lipinski definition) is 1.